The number of benzene rings is 1. The van der Waals surface area contributed by atoms with Crippen LogP contribution >= 0.6 is 0 Å². The van der Waals surface area contributed by atoms with Gasteiger partial charge in [0.15, 0.2) is 0 Å². The predicted octanol–water partition coefficient (Wildman–Crippen LogP) is 1.98. The topological polar surface area (TPSA) is 130 Å². The number of rotatable bonds is 3. The van der Waals surface area contributed by atoms with E-state index in [9.17, 15) is 22.8 Å². The van der Waals surface area contributed by atoms with Crippen molar-refractivity contribution >= 4 is 23.3 Å². The molecule has 1 atom stereocenters. The van der Waals surface area contributed by atoms with Crippen molar-refractivity contribution in [2.45, 2.75) is 31.6 Å². The summed E-state index contributed by atoms with van der Waals surface area (Å²) in [6.07, 6.45) is -2.54. The van der Waals surface area contributed by atoms with E-state index < -0.39 is 29.5 Å². The second kappa shape index (κ2) is 10.1. The monoisotopic (exact) mass is 491 g/mol. The van der Waals surface area contributed by atoms with Gasteiger partial charge >= 0.3 is 24.0 Å². The van der Waals surface area contributed by atoms with Crippen LogP contribution < -0.4 is 11.1 Å². The molecule has 0 saturated carbocycles. The quantitative estimate of drug-likeness (QED) is 0.481. The number of likely N-dealkylation sites (tertiary alicyclic amines) is 1. The molecule has 1 fully saturated rings. The van der Waals surface area contributed by atoms with Crippen molar-refractivity contribution in [1.29, 1.82) is 0 Å². The van der Waals surface area contributed by atoms with Gasteiger partial charge in [-0.1, -0.05) is 36.4 Å². The Kier molecular flexibility index (Phi) is 7.44. The molecule has 186 valence electrons. The van der Waals surface area contributed by atoms with Crippen molar-refractivity contribution in [3.8, 4) is 0 Å². The number of aromatic nitrogens is 2. The molecule has 1 aliphatic rings. The van der Waals surface area contributed by atoms with Crippen molar-refractivity contribution in [2.75, 3.05) is 13.1 Å². The number of carboxylic acid groups (broad SMARTS) is 1. The number of aliphatic carboxylic acids is 1. The number of hydrogen-bond acceptors (Lipinski definition) is 5. The van der Waals surface area contributed by atoms with Crippen LogP contribution in [0, 0.1) is 6.92 Å². The third-order valence-electron chi connectivity index (χ3n) is 5.59. The maximum absolute atomic E-state index is 12.6. The number of pyridine rings is 1. The van der Waals surface area contributed by atoms with Crippen molar-refractivity contribution < 1.29 is 32.7 Å². The maximum atomic E-state index is 12.6. The molecule has 9 nitrogen and oxygen atoms in total. The van der Waals surface area contributed by atoms with Gasteiger partial charge in [-0.2, -0.15) is 13.2 Å². The highest BCUT2D eigenvalue weighted by molar-refractivity contribution is 6.35. The first-order valence-corrected chi connectivity index (χ1v) is 10.6. The van der Waals surface area contributed by atoms with Gasteiger partial charge in [-0.3, -0.25) is 9.59 Å². The van der Waals surface area contributed by atoms with E-state index in [1.165, 1.54) is 4.90 Å². The summed E-state index contributed by atoms with van der Waals surface area (Å²) in [5.41, 5.74) is 8.51. The molecule has 0 radical (unpaired) electrons. The number of carbonyl (C=O) groups is 3. The molecule has 3 aromatic rings. The van der Waals surface area contributed by atoms with E-state index in [2.05, 4.69) is 10.3 Å². The zero-order chi connectivity index (χ0) is 25.8. The molecule has 3 heterocycles. The summed E-state index contributed by atoms with van der Waals surface area (Å²) in [6, 6.07) is 15.5. The van der Waals surface area contributed by atoms with Gasteiger partial charge in [-0.05, 0) is 31.0 Å². The van der Waals surface area contributed by atoms with Crippen LogP contribution in [-0.4, -0.2) is 56.4 Å². The first-order chi connectivity index (χ1) is 16.4. The maximum Gasteiger partial charge on any atom is 0.490 e. The number of carbonyl (C=O) groups excluding carboxylic acids is 2. The zero-order valence-corrected chi connectivity index (χ0v) is 18.7. The number of aryl methyl sites for hydroxylation is 1. The number of nitrogens with one attached hydrogen (secondary N) is 1. The summed E-state index contributed by atoms with van der Waals surface area (Å²) in [5, 5.41) is 9.83. The van der Waals surface area contributed by atoms with Crippen molar-refractivity contribution in [2.24, 2.45) is 5.73 Å². The lowest BCUT2D eigenvalue weighted by atomic mass is 9.90. The van der Waals surface area contributed by atoms with E-state index in [1.54, 1.807) is 0 Å². The summed E-state index contributed by atoms with van der Waals surface area (Å²) >= 11 is 0. The lowest BCUT2D eigenvalue weighted by molar-refractivity contribution is -0.192. The summed E-state index contributed by atoms with van der Waals surface area (Å²) in [5.74, 6) is -3.11. The molecule has 4 N–H and O–H groups in total. The van der Waals surface area contributed by atoms with Gasteiger partial charge in [0.1, 0.15) is 5.82 Å². The average Bonchev–Trinajstić information content (AvgIpc) is 3.38. The molecule has 0 bridgehead atoms. The Bertz CT molecular complexity index is 1230. The summed E-state index contributed by atoms with van der Waals surface area (Å²) in [6.45, 7) is 2.89. The number of carboxylic acids is 1. The minimum absolute atomic E-state index is 0.201. The number of fused-ring (bicyclic) bond motifs is 1. The molecule has 4 rings (SSSR count). The molecule has 2 amide bonds. The highest BCUT2D eigenvalue weighted by Crippen LogP contribution is 2.29. The van der Waals surface area contributed by atoms with E-state index in [4.69, 9.17) is 15.6 Å². The third kappa shape index (κ3) is 5.96. The van der Waals surface area contributed by atoms with Gasteiger partial charge in [0.2, 0.25) is 0 Å². The Hall–Kier alpha value is -3.93. The highest BCUT2D eigenvalue weighted by Gasteiger charge is 2.40. The van der Waals surface area contributed by atoms with Crippen LogP contribution in [0.25, 0.3) is 5.52 Å². The fourth-order valence-electron chi connectivity index (χ4n) is 3.79. The third-order valence-corrected chi connectivity index (χ3v) is 5.59. The number of nitrogens with two attached hydrogens (primary N) is 1. The second-order valence-corrected chi connectivity index (χ2v) is 8.05. The van der Waals surface area contributed by atoms with E-state index in [0.29, 0.717) is 19.5 Å². The second-order valence-electron chi connectivity index (χ2n) is 8.05. The predicted molar refractivity (Wildman–Crippen MR) is 119 cm³/mol. The average molecular weight is 491 g/mol. The van der Waals surface area contributed by atoms with Gasteiger partial charge in [0.25, 0.3) is 0 Å². The van der Waals surface area contributed by atoms with Gasteiger partial charge in [0.05, 0.1) is 23.3 Å². The molecule has 1 unspecified atom stereocenters. The molecular weight excluding hydrogens is 467 g/mol. The Morgan fingerprint density at radius 3 is 2.40 bits per heavy atom. The number of hydrogen-bond donors (Lipinski definition) is 3. The Labute approximate surface area is 198 Å². The first kappa shape index (κ1) is 25.7. The number of imidazole rings is 1. The Morgan fingerprint density at radius 1 is 1.14 bits per heavy atom. The number of alkyl halides is 3. The minimum atomic E-state index is -5.08. The standard InChI is InChI=1S/C21H23N5O2.C2HF3O2/c1-15-24-17(18-9-5-6-11-26(15)18)13-23-19(27)20(28)25-12-10-21(22,14-25)16-7-3-2-4-8-16;3-2(4,5)1(6)7/h2-9,11H,10,12-14,22H2,1H3,(H,23,27);(H,6,7). The van der Waals surface area contributed by atoms with Crippen LogP contribution in [0.4, 0.5) is 13.2 Å². The van der Waals surface area contributed by atoms with E-state index >= 15 is 0 Å². The van der Waals surface area contributed by atoms with Crippen LogP contribution in [0.5, 0.6) is 0 Å². The Morgan fingerprint density at radius 2 is 1.77 bits per heavy atom. The first-order valence-electron chi connectivity index (χ1n) is 10.6. The molecule has 1 aliphatic heterocycles. The number of amides is 2. The van der Waals surface area contributed by atoms with Crippen LogP contribution in [-0.2, 0) is 26.5 Å². The lowest BCUT2D eigenvalue weighted by Crippen LogP contribution is -2.45. The zero-order valence-electron chi connectivity index (χ0n) is 18.7. The molecule has 1 aromatic carbocycles. The minimum Gasteiger partial charge on any atom is -0.475 e. The molecule has 1 saturated heterocycles. The molecule has 0 spiro atoms. The normalized spacial score (nSPS) is 17.6. The van der Waals surface area contributed by atoms with Gasteiger partial charge in [-0.15, -0.1) is 0 Å². The smallest absolute Gasteiger partial charge is 0.475 e. The highest BCUT2D eigenvalue weighted by atomic mass is 19.4. The van der Waals surface area contributed by atoms with Crippen LogP contribution in [0.1, 0.15) is 23.5 Å². The molecule has 35 heavy (non-hydrogen) atoms. The van der Waals surface area contributed by atoms with Gasteiger partial charge in [-0.25, -0.2) is 9.78 Å². The lowest BCUT2D eigenvalue weighted by Gasteiger charge is -2.25. The molecule has 0 aliphatic carbocycles. The largest absolute Gasteiger partial charge is 0.490 e. The summed E-state index contributed by atoms with van der Waals surface area (Å²) in [4.78, 5) is 39.9. The van der Waals surface area contributed by atoms with Crippen molar-refractivity contribution in [3.05, 3.63) is 71.8 Å². The number of halogens is 3. The number of nitrogens with zero attached hydrogens (tertiary/aromatic N) is 3. The van der Waals surface area contributed by atoms with Crippen LogP contribution in [0.2, 0.25) is 0 Å². The SMILES string of the molecule is Cc1nc(CNC(=O)C(=O)N2CCC(N)(c3ccccc3)C2)c2ccccn12.O=C(O)C(F)(F)F. The van der Waals surface area contributed by atoms with Gasteiger partial charge < -0.3 is 25.5 Å². The van der Waals surface area contributed by atoms with E-state index in [0.717, 1.165) is 22.6 Å². The van der Waals surface area contributed by atoms with E-state index in [-0.39, 0.29) is 6.54 Å². The summed E-state index contributed by atoms with van der Waals surface area (Å²) in [7, 11) is 0. The van der Waals surface area contributed by atoms with Gasteiger partial charge in [0, 0.05) is 19.3 Å². The van der Waals surface area contributed by atoms with Crippen LogP contribution in [0.15, 0.2) is 54.7 Å². The van der Waals surface area contributed by atoms with Crippen molar-refractivity contribution in [3.63, 3.8) is 0 Å². The van der Waals surface area contributed by atoms with Crippen LogP contribution in [0.3, 0.4) is 0 Å². The fraction of sp³-hybridized carbons (Fsp3) is 0.304. The molecule has 2 aromatic heterocycles. The van der Waals surface area contributed by atoms with Crippen molar-refractivity contribution in [1.82, 2.24) is 19.6 Å². The summed E-state index contributed by atoms with van der Waals surface area (Å²) < 4.78 is 33.7. The molecule has 12 heteroatoms. The molecular formula is C23H24F3N5O4. The fourth-order valence-corrected chi connectivity index (χ4v) is 3.79. The van der Waals surface area contributed by atoms with E-state index in [1.807, 2.05) is 66.1 Å². The Balaban J connectivity index is 0.000000429.